The number of carbonyl (C=O) groups is 3. The number of barbiturate groups is 1. The Balaban J connectivity index is 1.14. The maximum absolute atomic E-state index is 13.7. The molecule has 0 radical (unpaired) electrons. The van der Waals surface area contributed by atoms with Crippen LogP contribution in [0, 0.1) is 17.8 Å². The van der Waals surface area contributed by atoms with Gasteiger partial charge in [-0.05, 0) is 122 Å². The number of amides is 4. The molecule has 0 unspecified atom stereocenters. The Morgan fingerprint density at radius 2 is 1.57 bits per heavy atom. The Hall–Kier alpha value is -3.33. The summed E-state index contributed by atoms with van der Waals surface area (Å²) in [5.74, 6) is 1.83. The molecule has 0 aromatic heterocycles. The minimum atomic E-state index is -0.770. The lowest BCUT2D eigenvalue weighted by Crippen LogP contribution is -2.54. The summed E-state index contributed by atoms with van der Waals surface area (Å²) in [5, 5.41) is 3.34. The van der Waals surface area contributed by atoms with Gasteiger partial charge in [0, 0.05) is 20.1 Å². The SMILES string of the molecule is CCOc1cc(/C=C2\C(=O)NC(=O)N(c3ccc(C45CC6CC(CC(C6)C4)C5)cc3)C2=O)c(Br)cc1OCc1ccc(Cl)cc1Cl. The molecule has 1 heterocycles. The highest BCUT2D eigenvalue weighted by molar-refractivity contribution is 9.10. The monoisotopic (exact) mass is 722 g/mol. The zero-order valence-electron chi connectivity index (χ0n) is 25.3. The Labute approximate surface area is 286 Å². The second kappa shape index (κ2) is 12.4. The highest BCUT2D eigenvalue weighted by Crippen LogP contribution is 2.60. The summed E-state index contributed by atoms with van der Waals surface area (Å²) in [7, 11) is 0. The van der Waals surface area contributed by atoms with Gasteiger partial charge in [-0.15, -0.1) is 0 Å². The minimum Gasteiger partial charge on any atom is -0.490 e. The minimum absolute atomic E-state index is 0.169. The number of benzene rings is 3. The van der Waals surface area contributed by atoms with Gasteiger partial charge in [-0.1, -0.05) is 57.3 Å². The molecule has 1 saturated heterocycles. The molecule has 4 saturated carbocycles. The molecule has 3 aromatic carbocycles. The van der Waals surface area contributed by atoms with Gasteiger partial charge >= 0.3 is 6.03 Å². The number of imide groups is 2. The number of nitrogens with one attached hydrogen (secondary N) is 1. The van der Waals surface area contributed by atoms with Crippen LogP contribution in [0.3, 0.4) is 0 Å². The van der Waals surface area contributed by atoms with Crippen LogP contribution in [0.2, 0.25) is 10.0 Å². The number of hydrogen-bond acceptors (Lipinski definition) is 5. The fraction of sp³-hybridized carbons (Fsp3) is 0.361. The summed E-state index contributed by atoms with van der Waals surface area (Å²) >= 11 is 15.9. The van der Waals surface area contributed by atoms with Crippen molar-refractivity contribution in [3.8, 4) is 11.5 Å². The zero-order chi connectivity index (χ0) is 32.2. The van der Waals surface area contributed by atoms with E-state index >= 15 is 0 Å². The van der Waals surface area contributed by atoms with Crippen molar-refractivity contribution in [1.29, 1.82) is 0 Å². The summed E-state index contributed by atoms with van der Waals surface area (Å²) in [5.41, 5.74) is 2.99. The number of carbonyl (C=O) groups excluding carboxylic acids is 3. The molecule has 4 bridgehead atoms. The van der Waals surface area contributed by atoms with E-state index in [-0.39, 0.29) is 17.6 Å². The Morgan fingerprint density at radius 3 is 2.20 bits per heavy atom. The number of hydrogen-bond donors (Lipinski definition) is 1. The third kappa shape index (κ3) is 5.84. The topological polar surface area (TPSA) is 84.9 Å². The lowest BCUT2D eigenvalue weighted by atomic mass is 9.48. The van der Waals surface area contributed by atoms with Gasteiger partial charge in [0.2, 0.25) is 0 Å². The number of rotatable bonds is 8. The highest BCUT2D eigenvalue weighted by Gasteiger charge is 2.51. The van der Waals surface area contributed by atoms with Gasteiger partial charge in [-0.25, -0.2) is 9.69 Å². The van der Waals surface area contributed by atoms with E-state index in [1.165, 1.54) is 50.2 Å². The van der Waals surface area contributed by atoms with E-state index in [0.717, 1.165) is 28.2 Å². The van der Waals surface area contributed by atoms with Gasteiger partial charge < -0.3 is 9.47 Å². The van der Waals surface area contributed by atoms with Gasteiger partial charge in [0.25, 0.3) is 11.8 Å². The van der Waals surface area contributed by atoms with E-state index in [0.29, 0.717) is 43.9 Å². The van der Waals surface area contributed by atoms with Gasteiger partial charge in [-0.2, -0.15) is 0 Å². The van der Waals surface area contributed by atoms with Crippen LogP contribution in [-0.4, -0.2) is 24.5 Å². The molecule has 10 heteroatoms. The second-order valence-corrected chi connectivity index (χ2v) is 14.7. The first-order valence-corrected chi connectivity index (χ1v) is 17.2. The predicted octanol–water partition coefficient (Wildman–Crippen LogP) is 8.87. The molecule has 8 rings (SSSR count). The molecule has 4 aliphatic carbocycles. The van der Waals surface area contributed by atoms with Crippen molar-refractivity contribution in [3.05, 3.63) is 91.4 Å². The summed E-state index contributed by atoms with van der Waals surface area (Å²) in [4.78, 5) is 40.7. The smallest absolute Gasteiger partial charge is 0.335 e. The van der Waals surface area contributed by atoms with Crippen molar-refractivity contribution in [2.24, 2.45) is 17.8 Å². The van der Waals surface area contributed by atoms with Crippen molar-refractivity contribution >= 4 is 68.7 Å². The van der Waals surface area contributed by atoms with E-state index in [1.54, 1.807) is 30.3 Å². The average molecular weight is 724 g/mol. The lowest BCUT2D eigenvalue weighted by Gasteiger charge is -2.57. The third-order valence-electron chi connectivity index (χ3n) is 9.94. The molecule has 5 aliphatic rings. The van der Waals surface area contributed by atoms with Gasteiger partial charge in [-0.3, -0.25) is 14.9 Å². The Kier molecular flexibility index (Phi) is 8.41. The van der Waals surface area contributed by atoms with Crippen molar-refractivity contribution in [2.75, 3.05) is 11.5 Å². The van der Waals surface area contributed by atoms with E-state index < -0.39 is 17.8 Å². The van der Waals surface area contributed by atoms with Crippen molar-refractivity contribution in [3.63, 3.8) is 0 Å². The van der Waals surface area contributed by atoms with E-state index in [1.807, 2.05) is 19.1 Å². The molecule has 238 valence electrons. The van der Waals surface area contributed by atoms with Crippen LogP contribution in [0.4, 0.5) is 10.5 Å². The third-order valence-corrected chi connectivity index (χ3v) is 11.2. The summed E-state index contributed by atoms with van der Waals surface area (Å²) in [6.45, 7) is 2.37. The average Bonchev–Trinajstić information content (AvgIpc) is 3.00. The molecule has 3 aromatic rings. The molecule has 7 nitrogen and oxygen atoms in total. The molecule has 1 aliphatic heterocycles. The summed E-state index contributed by atoms with van der Waals surface area (Å²) in [6.07, 6.45) is 9.20. The Bertz CT molecular complexity index is 1740. The van der Waals surface area contributed by atoms with Crippen LogP contribution in [0.5, 0.6) is 11.5 Å². The van der Waals surface area contributed by atoms with Crippen molar-refractivity contribution in [1.82, 2.24) is 5.32 Å². The van der Waals surface area contributed by atoms with Crippen LogP contribution in [-0.2, 0) is 21.6 Å². The highest BCUT2D eigenvalue weighted by atomic mass is 79.9. The number of urea groups is 1. The molecule has 5 fully saturated rings. The van der Waals surface area contributed by atoms with E-state index in [2.05, 4.69) is 33.4 Å². The second-order valence-electron chi connectivity index (χ2n) is 13.0. The molecule has 1 N–H and O–H groups in total. The Morgan fingerprint density at radius 1 is 0.913 bits per heavy atom. The maximum atomic E-state index is 13.7. The van der Waals surface area contributed by atoms with Gasteiger partial charge in [0.05, 0.1) is 12.3 Å². The molecule has 46 heavy (non-hydrogen) atoms. The molecule has 0 atom stereocenters. The van der Waals surface area contributed by atoms with Crippen LogP contribution in [0.25, 0.3) is 6.08 Å². The van der Waals surface area contributed by atoms with E-state index in [4.69, 9.17) is 32.7 Å². The predicted molar refractivity (Wildman–Crippen MR) is 181 cm³/mol. The van der Waals surface area contributed by atoms with Gasteiger partial charge in [0.15, 0.2) is 11.5 Å². The number of anilines is 1. The van der Waals surface area contributed by atoms with Crippen LogP contribution in [0.15, 0.2) is 64.6 Å². The van der Waals surface area contributed by atoms with Gasteiger partial charge in [0.1, 0.15) is 12.2 Å². The first-order chi connectivity index (χ1) is 22.1. The molecular weight excluding hydrogens is 691 g/mol. The summed E-state index contributed by atoms with van der Waals surface area (Å²) in [6, 6.07) is 15.6. The van der Waals surface area contributed by atoms with Crippen LogP contribution >= 0.6 is 39.1 Å². The van der Waals surface area contributed by atoms with E-state index in [9.17, 15) is 14.4 Å². The number of nitrogens with zero attached hydrogens (tertiary/aromatic N) is 1. The lowest BCUT2D eigenvalue weighted by molar-refractivity contribution is -0.122. The quantitative estimate of drug-likeness (QED) is 0.185. The summed E-state index contributed by atoms with van der Waals surface area (Å²) < 4.78 is 12.4. The number of ether oxygens (including phenoxy) is 2. The van der Waals surface area contributed by atoms with Crippen LogP contribution < -0.4 is 19.7 Å². The molecular formula is C36H33BrCl2N2O5. The van der Waals surface area contributed by atoms with Crippen LogP contribution in [0.1, 0.15) is 62.1 Å². The standard InChI is InChI=1S/C36H33BrCl2N2O5/c1-2-45-31-13-24(29(37)15-32(31)46-19-23-3-6-26(38)14-30(23)39)12-28-33(42)40-35(44)41(34(28)43)27-7-4-25(5-8-27)36-16-20-9-21(17-36)11-22(10-20)18-36/h3-8,12-15,20-22H,2,9-11,16-19H2,1H3,(H,40,42,44)/b28-12+. The van der Waals surface area contributed by atoms with Crippen molar-refractivity contribution < 1.29 is 23.9 Å². The number of halogens is 3. The fourth-order valence-electron chi connectivity index (χ4n) is 8.31. The maximum Gasteiger partial charge on any atom is 0.335 e. The largest absolute Gasteiger partial charge is 0.490 e. The molecule has 4 amide bonds. The zero-order valence-corrected chi connectivity index (χ0v) is 28.4. The molecule has 0 spiro atoms. The van der Waals surface area contributed by atoms with Crippen molar-refractivity contribution in [2.45, 2.75) is 57.5 Å². The first-order valence-electron chi connectivity index (χ1n) is 15.7. The first kappa shape index (κ1) is 31.3. The normalized spacial score (nSPS) is 26.1. The fourth-order valence-corrected chi connectivity index (χ4v) is 9.21.